The quantitative estimate of drug-likeness (QED) is 0.604. The SMILES string of the molecule is CC(C)CC(C)OC(=O)c1ccccc1C(F)Cc1ccc(F)cc1. The second-order valence-electron chi connectivity index (χ2n) is 6.73. The zero-order chi connectivity index (χ0) is 18.4. The number of hydrogen-bond acceptors (Lipinski definition) is 2. The van der Waals surface area contributed by atoms with E-state index in [0.717, 1.165) is 6.42 Å². The fourth-order valence-corrected chi connectivity index (χ4v) is 2.85. The first-order chi connectivity index (χ1) is 11.9. The van der Waals surface area contributed by atoms with Crippen molar-refractivity contribution in [1.82, 2.24) is 0 Å². The summed E-state index contributed by atoms with van der Waals surface area (Å²) in [5.74, 6) is -0.460. The van der Waals surface area contributed by atoms with Crippen molar-refractivity contribution in [1.29, 1.82) is 0 Å². The lowest BCUT2D eigenvalue weighted by Crippen LogP contribution is -2.18. The van der Waals surface area contributed by atoms with Gasteiger partial charge in [0.15, 0.2) is 0 Å². The summed E-state index contributed by atoms with van der Waals surface area (Å²) in [6, 6.07) is 12.3. The normalized spacial score (nSPS) is 13.5. The topological polar surface area (TPSA) is 26.3 Å². The molecule has 0 N–H and O–H groups in total. The van der Waals surface area contributed by atoms with Gasteiger partial charge in [-0.3, -0.25) is 0 Å². The molecule has 2 nitrogen and oxygen atoms in total. The van der Waals surface area contributed by atoms with Crippen LogP contribution in [0.4, 0.5) is 8.78 Å². The smallest absolute Gasteiger partial charge is 0.338 e. The van der Waals surface area contributed by atoms with Crippen molar-refractivity contribution in [3.8, 4) is 0 Å². The monoisotopic (exact) mass is 346 g/mol. The fraction of sp³-hybridized carbons (Fsp3) is 0.381. The zero-order valence-electron chi connectivity index (χ0n) is 14.8. The highest BCUT2D eigenvalue weighted by Gasteiger charge is 2.21. The maximum atomic E-state index is 14.8. The second-order valence-corrected chi connectivity index (χ2v) is 6.73. The van der Waals surface area contributed by atoms with Gasteiger partial charge in [-0.25, -0.2) is 13.6 Å². The molecular weight excluding hydrogens is 322 g/mol. The summed E-state index contributed by atoms with van der Waals surface area (Å²) in [6.45, 7) is 5.95. The van der Waals surface area contributed by atoms with Gasteiger partial charge < -0.3 is 4.74 Å². The highest BCUT2D eigenvalue weighted by Crippen LogP contribution is 2.27. The molecule has 2 aromatic rings. The van der Waals surface area contributed by atoms with Gasteiger partial charge in [0.25, 0.3) is 0 Å². The standard InChI is InChI=1S/C21H24F2O2/c1-14(2)12-15(3)25-21(24)19-7-5-4-6-18(19)20(23)13-16-8-10-17(22)11-9-16/h4-11,14-15,20H,12-13H2,1-3H3. The lowest BCUT2D eigenvalue weighted by molar-refractivity contribution is 0.0296. The Morgan fingerprint density at radius 2 is 1.68 bits per heavy atom. The Balaban J connectivity index is 2.13. The van der Waals surface area contributed by atoms with Gasteiger partial charge in [-0.1, -0.05) is 44.2 Å². The summed E-state index contributed by atoms with van der Waals surface area (Å²) in [5, 5.41) is 0. The molecular formula is C21H24F2O2. The van der Waals surface area contributed by atoms with Gasteiger partial charge in [0, 0.05) is 12.0 Å². The molecule has 25 heavy (non-hydrogen) atoms. The number of ether oxygens (including phenoxy) is 1. The van der Waals surface area contributed by atoms with Crippen LogP contribution in [0.3, 0.4) is 0 Å². The number of esters is 1. The Morgan fingerprint density at radius 1 is 1.04 bits per heavy atom. The van der Waals surface area contributed by atoms with E-state index in [9.17, 15) is 13.6 Å². The first-order valence-corrected chi connectivity index (χ1v) is 8.55. The highest BCUT2D eigenvalue weighted by atomic mass is 19.1. The minimum absolute atomic E-state index is 0.0755. The number of hydrogen-bond donors (Lipinski definition) is 0. The van der Waals surface area contributed by atoms with E-state index in [0.29, 0.717) is 17.0 Å². The maximum Gasteiger partial charge on any atom is 0.338 e. The average Bonchev–Trinajstić information content (AvgIpc) is 2.56. The van der Waals surface area contributed by atoms with Crippen molar-refractivity contribution in [3.05, 3.63) is 71.0 Å². The lowest BCUT2D eigenvalue weighted by atomic mass is 9.98. The largest absolute Gasteiger partial charge is 0.459 e. The molecule has 0 aromatic heterocycles. The van der Waals surface area contributed by atoms with Gasteiger partial charge in [0.2, 0.25) is 0 Å². The third-order valence-corrected chi connectivity index (χ3v) is 3.96. The van der Waals surface area contributed by atoms with Crippen molar-refractivity contribution >= 4 is 5.97 Å². The van der Waals surface area contributed by atoms with Gasteiger partial charge in [-0.2, -0.15) is 0 Å². The molecule has 0 bridgehead atoms. The molecule has 4 heteroatoms. The molecule has 0 radical (unpaired) electrons. The maximum absolute atomic E-state index is 14.8. The van der Waals surface area contributed by atoms with Crippen LogP contribution in [-0.2, 0) is 11.2 Å². The molecule has 2 rings (SSSR count). The number of alkyl halides is 1. The first-order valence-electron chi connectivity index (χ1n) is 8.55. The second kappa shape index (κ2) is 8.75. The predicted molar refractivity (Wildman–Crippen MR) is 94.7 cm³/mol. The summed E-state index contributed by atoms with van der Waals surface area (Å²) < 4.78 is 33.2. The molecule has 2 atom stereocenters. The summed E-state index contributed by atoms with van der Waals surface area (Å²) in [5.41, 5.74) is 1.21. The number of rotatable bonds is 7. The van der Waals surface area contributed by atoms with Crippen molar-refractivity contribution in [3.63, 3.8) is 0 Å². The molecule has 0 amide bonds. The molecule has 0 fully saturated rings. The average molecular weight is 346 g/mol. The molecule has 0 aliphatic heterocycles. The van der Waals surface area contributed by atoms with E-state index in [1.165, 1.54) is 12.1 Å². The number of benzene rings is 2. The third-order valence-electron chi connectivity index (χ3n) is 3.96. The third kappa shape index (κ3) is 5.66. The molecule has 0 aliphatic rings. The predicted octanol–water partition coefficient (Wildman–Crippen LogP) is 5.67. The Morgan fingerprint density at radius 3 is 2.32 bits per heavy atom. The van der Waals surface area contributed by atoms with E-state index in [1.54, 1.807) is 36.4 Å². The molecule has 0 saturated heterocycles. The van der Waals surface area contributed by atoms with Gasteiger partial charge >= 0.3 is 5.97 Å². The van der Waals surface area contributed by atoms with Crippen LogP contribution in [0.1, 0.15) is 54.8 Å². The van der Waals surface area contributed by atoms with Gasteiger partial charge in [-0.15, -0.1) is 0 Å². The Hall–Kier alpha value is -2.23. The molecule has 2 unspecified atom stereocenters. The van der Waals surface area contributed by atoms with Crippen molar-refractivity contribution < 1.29 is 18.3 Å². The molecule has 0 heterocycles. The summed E-state index contributed by atoms with van der Waals surface area (Å²) in [7, 11) is 0. The molecule has 134 valence electrons. The minimum atomic E-state index is -1.37. The molecule has 0 saturated carbocycles. The van der Waals surface area contributed by atoms with Crippen LogP contribution < -0.4 is 0 Å². The van der Waals surface area contributed by atoms with E-state index < -0.39 is 12.1 Å². The van der Waals surface area contributed by atoms with Crippen LogP contribution in [0.15, 0.2) is 48.5 Å². The van der Waals surface area contributed by atoms with Crippen molar-refractivity contribution in [2.45, 2.75) is 45.9 Å². The summed E-state index contributed by atoms with van der Waals surface area (Å²) in [4.78, 5) is 12.4. The number of carbonyl (C=O) groups is 1. The van der Waals surface area contributed by atoms with Gasteiger partial charge in [0.05, 0.1) is 11.7 Å². The number of halogens is 2. The van der Waals surface area contributed by atoms with Crippen molar-refractivity contribution in [2.75, 3.05) is 0 Å². The Kier molecular flexibility index (Phi) is 6.68. The van der Waals surface area contributed by atoms with Crippen molar-refractivity contribution in [2.24, 2.45) is 5.92 Å². The van der Waals surface area contributed by atoms with Gasteiger partial charge in [0.1, 0.15) is 12.0 Å². The highest BCUT2D eigenvalue weighted by molar-refractivity contribution is 5.91. The summed E-state index contributed by atoms with van der Waals surface area (Å²) >= 11 is 0. The molecule has 2 aromatic carbocycles. The zero-order valence-corrected chi connectivity index (χ0v) is 14.8. The van der Waals surface area contributed by atoms with Crippen LogP contribution >= 0.6 is 0 Å². The van der Waals surface area contributed by atoms with Crippen LogP contribution in [0.2, 0.25) is 0 Å². The van der Waals surface area contributed by atoms with Gasteiger partial charge in [-0.05, 0) is 43.0 Å². The molecule has 0 aliphatic carbocycles. The first kappa shape index (κ1) is 19.1. The number of carbonyl (C=O) groups excluding carboxylic acids is 1. The Labute approximate surface area is 147 Å². The van der Waals surface area contributed by atoms with Crippen LogP contribution in [0.5, 0.6) is 0 Å². The van der Waals surface area contributed by atoms with E-state index in [1.807, 2.05) is 6.92 Å². The van der Waals surface area contributed by atoms with E-state index in [-0.39, 0.29) is 23.9 Å². The summed E-state index contributed by atoms with van der Waals surface area (Å²) in [6.07, 6.45) is -0.764. The Bertz CT molecular complexity index is 695. The van der Waals surface area contributed by atoms with E-state index >= 15 is 0 Å². The lowest BCUT2D eigenvalue weighted by Gasteiger charge is -2.18. The van der Waals surface area contributed by atoms with Crippen LogP contribution in [-0.4, -0.2) is 12.1 Å². The van der Waals surface area contributed by atoms with Crippen LogP contribution in [0, 0.1) is 11.7 Å². The fourth-order valence-electron chi connectivity index (χ4n) is 2.85. The van der Waals surface area contributed by atoms with Crippen LogP contribution in [0.25, 0.3) is 0 Å². The minimum Gasteiger partial charge on any atom is -0.459 e. The van der Waals surface area contributed by atoms with E-state index in [4.69, 9.17) is 4.74 Å². The molecule has 0 spiro atoms. The van der Waals surface area contributed by atoms with E-state index in [2.05, 4.69) is 13.8 Å².